The first kappa shape index (κ1) is 42.0. The van der Waals surface area contributed by atoms with Crippen LogP contribution >= 0.6 is 0 Å². The number of phenols is 2. The lowest BCUT2D eigenvalue weighted by molar-refractivity contribution is -0.171. The molecule has 4 bridgehead atoms. The SMILES string of the molecule is C=CCN1CC[C@]23c4c5ccc(O)c4O[C@H]2c2c(c4cc(F)cc6c4n2CC[C@@H]6O)C[C@@]3(O)[C@H]1C5.C=CCN1CC[C@]23c4c5ccc(O)c4O[C@H]2c2c(c4cc(F)cc6c4n2CC[C@H]6O)C[C@@]3(O)[C@H]1C5. The third-order valence-corrected chi connectivity index (χ3v) is 19.3. The summed E-state index contributed by atoms with van der Waals surface area (Å²) in [6.45, 7) is 12.0. The molecule has 2 saturated heterocycles. The summed E-state index contributed by atoms with van der Waals surface area (Å²) in [7, 11) is 0. The standard InChI is InChI=1S/2C28H27FN2O4/c2*1-2-7-30-9-6-27-22-14-3-4-20(33)25(22)35-26(27)24-18(13-28(27,34)21(30)10-14)16-11-15(29)12-17-19(32)5-8-31(24)23(16)17/h2*2-4,11-12,19,21,26,32-34H,1,5-10,13H2/t19-,21+,26-,27-,28+;19-,21-,26+,27+,28-/m01/s1. The van der Waals surface area contributed by atoms with E-state index in [4.69, 9.17) is 9.47 Å². The highest BCUT2D eigenvalue weighted by atomic mass is 19.1. The number of likely N-dealkylation sites (tertiary alicyclic amines) is 2. The zero-order chi connectivity index (χ0) is 47.7. The summed E-state index contributed by atoms with van der Waals surface area (Å²) in [5.41, 5.74) is 7.02. The second-order valence-corrected chi connectivity index (χ2v) is 22.0. The molecule has 4 aromatic carbocycles. The van der Waals surface area contributed by atoms with Gasteiger partial charge in [0.25, 0.3) is 0 Å². The summed E-state index contributed by atoms with van der Waals surface area (Å²) in [6.07, 6.45) is 5.74. The number of aromatic hydroxyl groups is 2. The number of ether oxygens (including phenoxy) is 2. The Kier molecular flexibility index (Phi) is 8.16. The van der Waals surface area contributed by atoms with Gasteiger partial charge in [-0.1, -0.05) is 24.3 Å². The minimum Gasteiger partial charge on any atom is -0.504 e. The fraction of sp³-hybridized carbons (Fsp3) is 0.429. The second kappa shape index (κ2) is 13.6. The molecule has 10 aliphatic rings. The number of piperidine rings is 2. The summed E-state index contributed by atoms with van der Waals surface area (Å²) < 4.78 is 47.3. The number of halogens is 2. The minimum atomic E-state index is -1.16. The average Bonchev–Trinajstić information content (AvgIpc) is 4.05. The van der Waals surface area contributed by atoms with Gasteiger partial charge in [-0.05, 0) is 97.2 Å². The van der Waals surface area contributed by atoms with E-state index in [0.717, 1.165) is 79.7 Å². The zero-order valence-electron chi connectivity index (χ0n) is 38.6. The number of aromatic nitrogens is 2. The minimum absolute atomic E-state index is 0.0975. The third kappa shape index (κ3) is 4.65. The summed E-state index contributed by atoms with van der Waals surface area (Å²) in [5.74, 6) is 0.395. The Hall–Kier alpha value is -5.74. The van der Waals surface area contributed by atoms with Crippen LogP contribution in [0, 0.1) is 11.6 Å². The van der Waals surface area contributed by atoms with Crippen LogP contribution in [0.4, 0.5) is 8.78 Å². The number of benzene rings is 4. The predicted molar refractivity (Wildman–Crippen MR) is 254 cm³/mol. The van der Waals surface area contributed by atoms with Gasteiger partial charge in [-0.3, -0.25) is 9.80 Å². The molecule has 2 fully saturated rings. The van der Waals surface area contributed by atoms with Gasteiger partial charge in [-0.2, -0.15) is 0 Å². The number of aliphatic hydroxyl groups is 4. The molecule has 70 heavy (non-hydrogen) atoms. The van der Waals surface area contributed by atoms with Crippen LogP contribution in [0.1, 0.15) is 106 Å². The van der Waals surface area contributed by atoms with E-state index >= 15 is 0 Å². The second-order valence-electron chi connectivity index (χ2n) is 22.0. The first-order valence-electron chi connectivity index (χ1n) is 25.0. The summed E-state index contributed by atoms with van der Waals surface area (Å²) in [4.78, 5) is 4.61. The van der Waals surface area contributed by atoms with E-state index in [-0.39, 0.29) is 35.2 Å². The molecular weight excluding hydrogens is 895 g/mol. The number of rotatable bonds is 4. The van der Waals surface area contributed by atoms with E-state index in [2.05, 4.69) is 32.1 Å². The Morgan fingerprint density at radius 2 is 1.06 bits per heavy atom. The van der Waals surface area contributed by atoms with Gasteiger partial charge >= 0.3 is 0 Å². The lowest BCUT2D eigenvalue weighted by atomic mass is 9.49. The Morgan fingerprint density at radius 1 is 0.629 bits per heavy atom. The molecule has 16 rings (SSSR count). The molecule has 6 N–H and O–H groups in total. The van der Waals surface area contributed by atoms with Crippen LogP contribution in [-0.2, 0) is 49.6 Å². The molecule has 6 aliphatic heterocycles. The molecule has 0 amide bonds. The summed E-state index contributed by atoms with van der Waals surface area (Å²) >= 11 is 0. The van der Waals surface area contributed by atoms with E-state index in [1.54, 1.807) is 24.3 Å². The van der Waals surface area contributed by atoms with Crippen molar-refractivity contribution in [3.63, 3.8) is 0 Å². The van der Waals surface area contributed by atoms with Crippen molar-refractivity contribution < 1.29 is 48.9 Å². The summed E-state index contributed by atoms with van der Waals surface area (Å²) in [5, 5.41) is 70.2. The van der Waals surface area contributed by atoms with Gasteiger partial charge in [0.1, 0.15) is 11.6 Å². The largest absolute Gasteiger partial charge is 0.504 e. The first-order valence-corrected chi connectivity index (χ1v) is 25.0. The maximum atomic E-state index is 14.8. The Balaban J connectivity index is 0.000000126. The number of aliphatic hydroxyl groups excluding tert-OH is 2. The molecular formula is C56H54F2N4O8. The monoisotopic (exact) mass is 948 g/mol. The predicted octanol–water partition coefficient (Wildman–Crippen LogP) is 6.80. The molecule has 6 aromatic rings. The third-order valence-electron chi connectivity index (χ3n) is 19.3. The normalized spacial score (nSPS) is 33.9. The lowest BCUT2D eigenvalue weighted by Crippen LogP contribution is -2.74. The lowest BCUT2D eigenvalue weighted by Gasteiger charge is -2.62. The molecule has 0 unspecified atom stereocenters. The Labute approximate surface area is 401 Å². The van der Waals surface area contributed by atoms with Gasteiger partial charge < -0.3 is 49.2 Å². The van der Waals surface area contributed by atoms with Crippen LogP contribution in [0.2, 0.25) is 0 Å². The van der Waals surface area contributed by atoms with E-state index in [0.29, 0.717) is 100 Å². The Bertz CT molecular complexity index is 3180. The van der Waals surface area contributed by atoms with Crippen LogP contribution < -0.4 is 9.47 Å². The van der Waals surface area contributed by atoms with Gasteiger partial charge in [0, 0.05) is 97.2 Å². The number of aryl methyl sites for hydroxylation is 2. The number of nitrogens with zero attached hydrogens (tertiary/aromatic N) is 4. The molecule has 0 radical (unpaired) electrons. The average molecular weight is 949 g/mol. The molecule has 10 atom stereocenters. The quantitative estimate of drug-likeness (QED) is 0.104. The van der Waals surface area contributed by atoms with Crippen molar-refractivity contribution in [3.8, 4) is 23.0 Å². The fourth-order valence-corrected chi connectivity index (χ4v) is 16.8. The number of phenolic OH excluding ortho intramolecular Hbond substituents is 2. The highest BCUT2D eigenvalue weighted by Gasteiger charge is 2.75. The molecule has 4 aliphatic carbocycles. The molecule has 2 aromatic heterocycles. The smallest absolute Gasteiger partial charge is 0.166 e. The van der Waals surface area contributed by atoms with E-state index < -0.39 is 46.4 Å². The van der Waals surface area contributed by atoms with Gasteiger partial charge in [-0.25, -0.2) is 8.78 Å². The van der Waals surface area contributed by atoms with E-state index in [1.165, 1.54) is 12.1 Å². The van der Waals surface area contributed by atoms with Crippen molar-refractivity contribution in [2.45, 2.75) is 123 Å². The maximum Gasteiger partial charge on any atom is 0.166 e. The van der Waals surface area contributed by atoms with E-state index in [9.17, 15) is 39.4 Å². The van der Waals surface area contributed by atoms with Crippen LogP contribution in [-0.4, -0.2) is 99.0 Å². The summed E-state index contributed by atoms with van der Waals surface area (Å²) in [6, 6.07) is 13.0. The molecule has 14 heteroatoms. The van der Waals surface area contributed by atoms with Crippen molar-refractivity contribution in [1.29, 1.82) is 0 Å². The topological polar surface area (TPSA) is 156 Å². The van der Waals surface area contributed by atoms with Crippen molar-refractivity contribution in [2.75, 3.05) is 26.2 Å². The van der Waals surface area contributed by atoms with Crippen LogP contribution in [0.15, 0.2) is 73.8 Å². The van der Waals surface area contributed by atoms with Crippen LogP contribution in [0.5, 0.6) is 23.0 Å². The van der Waals surface area contributed by atoms with Crippen molar-refractivity contribution in [2.24, 2.45) is 0 Å². The van der Waals surface area contributed by atoms with Crippen LogP contribution in [0.25, 0.3) is 21.8 Å². The highest BCUT2D eigenvalue weighted by Crippen LogP contribution is 2.71. The molecule has 8 heterocycles. The molecule has 2 spiro atoms. The fourth-order valence-electron chi connectivity index (χ4n) is 16.8. The zero-order valence-corrected chi connectivity index (χ0v) is 38.6. The van der Waals surface area contributed by atoms with Gasteiger partial charge in [0.2, 0.25) is 0 Å². The van der Waals surface area contributed by atoms with Gasteiger partial charge in [0.05, 0.1) is 56.7 Å². The molecule has 12 nitrogen and oxygen atoms in total. The highest BCUT2D eigenvalue weighted by molar-refractivity contribution is 5.92. The number of hydrogen-bond acceptors (Lipinski definition) is 10. The van der Waals surface area contributed by atoms with Gasteiger partial charge in [-0.15, -0.1) is 13.2 Å². The first-order chi connectivity index (χ1) is 33.8. The maximum absolute atomic E-state index is 14.8. The van der Waals surface area contributed by atoms with E-state index in [1.807, 2.05) is 24.3 Å². The molecule has 0 saturated carbocycles. The number of hydrogen-bond donors (Lipinski definition) is 6. The Morgan fingerprint density at radius 3 is 1.47 bits per heavy atom. The molecule has 360 valence electrons. The van der Waals surface area contributed by atoms with Crippen molar-refractivity contribution in [1.82, 2.24) is 18.9 Å². The van der Waals surface area contributed by atoms with Crippen LogP contribution in [0.3, 0.4) is 0 Å². The van der Waals surface area contributed by atoms with Crippen molar-refractivity contribution >= 4 is 21.8 Å². The number of fused-ring (bicyclic) bond motifs is 8. The van der Waals surface area contributed by atoms with Gasteiger partial charge in [0.15, 0.2) is 35.2 Å². The van der Waals surface area contributed by atoms with Crippen molar-refractivity contribution in [3.05, 3.63) is 141 Å².